The maximum absolute atomic E-state index is 9.80. The van der Waals surface area contributed by atoms with E-state index in [9.17, 15) is 5.11 Å². The van der Waals surface area contributed by atoms with Crippen molar-refractivity contribution in [3.05, 3.63) is 34.9 Å². The second kappa shape index (κ2) is 4.49. The first-order chi connectivity index (χ1) is 7.33. The molecule has 1 aromatic rings. The van der Waals surface area contributed by atoms with Crippen LogP contribution >= 0.6 is 0 Å². The highest BCUT2D eigenvalue weighted by atomic mass is 16.3. The normalized spacial score (nSPS) is 15.5. The summed E-state index contributed by atoms with van der Waals surface area (Å²) in [7, 11) is 0. The van der Waals surface area contributed by atoms with Gasteiger partial charge in [0.2, 0.25) is 0 Å². The van der Waals surface area contributed by atoms with Gasteiger partial charge in [-0.25, -0.2) is 0 Å². The highest BCUT2D eigenvalue weighted by Crippen LogP contribution is 2.31. The first kappa shape index (κ1) is 10.2. The van der Waals surface area contributed by atoms with Gasteiger partial charge < -0.3 is 10.8 Å². The van der Waals surface area contributed by atoms with Gasteiger partial charge in [-0.2, -0.15) is 0 Å². The van der Waals surface area contributed by atoms with Gasteiger partial charge in [0.05, 0.1) is 0 Å². The zero-order chi connectivity index (χ0) is 10.7. The summed E-state index contributed by atoms with van der Waals surface area (Å²) in [5.41, 5.74) is 9.10. The minimum Gasteiger partial charge on any atom is -0.507 e. The molecule has 1 aliphatic carbocycles. The van der Waals surface area contributed by atoms with E-state index in [1.54, 1.807) is 6.07 Å². The fraction of sp³-hybridized carbons (Fsp3) is 0.385. The summed E-state index contributed by atoms with van der Waals surface area (Å²) in [6.45, 7) is 0.517. The predicted octanol–water partition coefficient (Wildman–Crippen LogP) is 2.24. The molecule has 1 aliphatic rings. The van der Waals surface area contributed by atoms with Crippen molar-refractivity contribution in [1.82, 2.24) is 0 Å². The second-order valence-corrected chi connectivity index (χ2v) is 3.98. The van der Waals surface area contributed by atoms with Crippen LogP contribution in [0.3, 0.4) is 0 Å². The molecule has 3 N–H and O–H groups in total. The van der Waals surface area contributed by atoms with Gasteiger partial charge in [0.15, 0.2) is 0 Å². The lowest BCUT2D eigenvalue weighted by Gasteiger charge is -2.18. The molecule has 0 fully saturated rings. The number of fused-ring (bicyclic) bond motifs is 1. The standard InChI is InChI=1S/C13H17NO/c14-9-3-6-12-11-5-2-1-4-10(11)7-8-13(12)15/h3,6-8,15H,1-2,4-5,9,14H2/b6-3+. The van der Waals surface area contributed by atoms with Crippen molar-refractivity contribution in [2.45, 2.75) is 25.7 Å². The maximum Gasteiger partial charge on any atom is 0.123 e. The first-order valence-corrected chi connectivity index (χ1v) is 5.53. The van der Waals surface area contributed by atoms with E-state index in [2.05, 4.69) is 0 Å². The number of rotatable bonds is 2. The second-order valence-electron chi connectivity index (χ2n) is 3.98. The van der Waals surface area contributed by atoms with Crippen LogP contribution in [0.4, 0.5) is 0 Å². The molecule has 0 saturated carbocycles. The summed E-state index contributed by atoms with van der Waals surface area (Å²) in [4.78, 5) is 0. The molecule has 0 amide bonds. The minimum absolute atomic E-state index is 0.375. The summed E-state index contributed by atoms with van der Waals surface area (Å²) >= 11 is 0. The number of benzene rings is 1. The van der Waals surface area contributed by atoms with E-state index in [4.69, 9.17) is 5.73 Å². The summed E-state index contributed by atoms with van der Waals surface area (Å²) in [5.74, 6) is 0.375. The van der Waals surface area contributed by atoms with Crippen LogP contribution in [-0.4, -0.2) is 11.7 Å². The van der Waals surface area contributed by atoms with E-state index in [0.717, 1.165) is 18.4 Å². The van der Waals surface area contributed by atoms with Gasteiger partial charge in [-0.3, -0.25) is 0 Å². The fourth-order valence-electron chi connectivity index (χ4n) is 2.22. The minimum atomic E-state index is 0.375. The molecule has 2 rings (SSSR count). The average Bonchev–Trinajstić information content (AvgIpc) is 2.28. The van der Waals surface area contributed by atoms with Crippen LogP contribution in [0.25, 0.3) is 6.08 Å². The van der Waals surface area contributed by atoms with Crippen molar-refractivity contribution >= 4 is 6.08 Å². The molecule has 0 saturated heterocycles. The van der Waals surface area contributed by atoms with Crippen LogP contribution in [0.15, 0.2) is 18.2 Å². The zero-order valence-electron chi connectivity index (χ0n) is 8.87. The molecule has 0 aliphatic heterocycles. The largest absolute Gasteiger partial charge is 0.507 e. The van der Waals surface area contributed by atoms with Crippen molar-refractivity contribution in [3.8, 4) is 5.75 Å². The Hall–Kier alpha value is -1.28. The molecule has 0 bridgehead atoms. The molecule has 0 unspecified atom stereocenters. The van der Waals surface area contributed by atoms with Crippen LogP contribution in [0, 0.1) is 0 Å². The average molecular weight is 203 g/mol. The van der Waals surface area contributed by atoms with Crippen molar-refractivity contribution in [1.29, 1.82) is 0 Å². The Kier molecular flexibility index (Phi) is 3.07. The van der Waals surface area contributed by atoms with Crippen LogP contribution in [0.1, 0.15) is 29.5 Å². The summed E-state index contributed by atoms with van der Waals surface area (Å²) < 4.78 is 0. The lowest BCUT2D eigenvalue weighted by Crippen LogP contribution is -2.04. The van der Waals surface area contributed by atoms with Gasteiger partial charge in [-0.05, 0) is 42.9 Å². The molecule has 1 aromatic carbocycles. The zero-order valence-corrected chi connectivity index (χ0v) is 8.87. The SMILES string of the molecule is NC/C=C/c1c(O)ccc2c1CCCC2. The summed E-state index contributed by atoms with van der Waals surface area (Å²) in [5, 5.41) is 9.80. The molecule has 80 valence electrons. The third kappa shape index (κ3) is 2.05. The molecule has 2 nitrogen and oxygen atoms in total. The molecular formula is C13H17NO. The Bertz CT molecular complexity index is 382. The number of hydrogen-bond acceptors (Lipinski definition) is 2. The lowest BCUT2D eigenvalue weighted by molar-refractivity contribution is 0.472. The van der Waals surface area contributed by atoms with Crippen molar-refractivity contribution in [2.75, 3.05) is 6.54 Å². The van der Waals surface area contributed by atoms with Crippen molar-refractivity contribution in [3.63, 3.8) is 0 Å². The van der Waals surface area contributed by atoms with E-state index in [1.165, 1.54) is 24.0 Å². The Morgan fingerprint density at radius 3 is 2.87 bits per heavy atom. The third-order valence-corrected chi connectivity index (χ3v) is 2.97. The highest BCUT2D eigenvalue weighted by Gasteiger charge is 2.14. The Morgan fingerprint density at radius 2 is 2.07 bits per heavy atom. The molecular weight excluding hydrogens is 186 g/mol. The number of aromatic hydroxyl groups is 1. The molecule has 0 aromatic heterocycles. The Morgan fingerprint density at radius 1 is 1.27 bits per heavy atom. The van der Waals surface area contributed by atoms with Crippen LogP contribution in [0.5, 0.6) is 5.75 Å². The van der Waals surface area contributed by atoms with E-state index in [-0.39, 0.29) is 0 Å². The fourth-order valence-corrected chi connectivity index (χ4v) is 2.22. The first-order valence-electron chi connectivity index (χ1n) is 5.53. The predicted molar refractivity (Wildman–Crippen MR) is 62.8 cm³/mol. The van der Waals surface area contributed by atoms with Crippen LogP contribution in [-0.2, 0) is 12.8 Å². The van der Waals surface area contributed by atoms with Gasteiger partial charge in [-0.15, -0.1) is 0 Å². The smallest absolute Gasteiger partial charge is 0.123 e. The van der Waals surface area contributed by atoms with Crippen molar-refractivity contribution in [2.24, 2.45) is 5.73 Å². The number of hydrogen-bond donors (Lipinski definition) is 2. The highest BCUT2D eigenvalue weighted by molar-refractivity contribution is 5.63. The molecule has 0 spiro atoms. The van der Waals surface area contributed by atoms with E-state index in [1.807, 2.05) is 18.2 Å². The van der Waals surface area contributed by atoms with Gasteiger partial charge >= 0.3 is 0 Å². The molecule has 0 heterocycles. The van der Waals surface area contributed by atoms with E-state index in [0.29, 0.717) is 12.3 Å². The number of aryl methyl sites for hydroxylation is 1. The van der Waals surface area contributed by atoms with E-state index >= 15 is 0 Å². The quantitative estimate of drug-likeness (QED) is 0.774. The number of phenolic OH excluding ortho intramolecular Hbond substituents is 1. The molecule has 15 heavy (non-hydrogen) atoms. The van der Waals surface area contributed by atoms with Gasteiger partial charge in [-0.1, -0.05) is 18.2 Å². The van der Waals surface area contributed by atoms with Crippen LogP contribution in [0.2, 0.25) is 0 Å². The Labute approximate surface area is 90.4 Å². The summed E-state index contributed by atoms with van der Waals surface area (Å²) in [6.07, 6.45) is 8.54. The number of nitrogens with two attached hydrogens (primary N) is 1. The third-order valence-electron chi connectivity index (χ3n) is 2.97. The molecule has 0 radical (unpaired) electrons. The topological polar surface area (TPSA) is 46.2 Å². The van der Waals surface area contributed by atoms with Crippen LogP contribution < -0.4 is 5.73 Å². The lowest BCUT2D eigenvalue weighted by atomic mass is 9.87. The van der Waals surface area contributed by atoms with E-state index < -0.39 is 0 Å². The molecule has 2 heteroatoms. The Balaban J connectivity index is 2.45. The monoisotopic (exact) mass is 203 g/mol. The maximum atomic E-state index is 9.80. The van der Waals surface area contributed by atoms with Gasteiger partial charge in [0.1, 0.15) is 5.75 Å². The van der Waals surface area contributed by atoms with Crippen molar-refractivity contribution < 1.29 is 5.11 Å². The van der Waals surface area contributed by atoms with Gasteiger partial charge in [0, 0.05) is 12.1 Å². The summed E-state index contributed by atoms with van der Waals surface area (Å²) in [6, 6.07) is 3.84. The van der Waals surface area contributed by atoms with Gasteiger partial charge in [0.25, 0.3) is 0 Å². The number of phenols is 1. The molecule has 0 atom stereocenters.